The van der Waals surface area contributed by atoms with Crippen LogP contribution in [0.15, 0.2) is 103 Å². The molecule has 5 rings (SSSR count). The molecule has 1 aromatic heterocycles. The van der Waals surface area contributed by atoms with Gasteiger partial charge in [-0.2, -0.15) is 0 Å². The van der Waals surface area contributed by atoms with Crippen LogP contribution in [0.1, 0.15) is 0 Å². The van der Waals surface area contributed by atoms with Crippen LogP contribution in [-0.4, -0.2) is 26.0 Å². The molecule has 1 radical (unpaired) electrons. The molecule has 0 aliphatic carbocycles. The third-order valence-corrected chi connectivity index (χ3v) is 5.90. The monoisotopic (exact) mass is 437 g/mol. The maximum atomic E-state index is 5.03. The molecule has 0 N–H and O–H groups in total. The number of hydrogen-bond acceptors (Lipinski definition) is 2. The van der Waals surface area contributed by atoms with E-state index in [0.29, 0.717) is 0 Å². The Morgan fingerprint density at radius 3 is 1.62 bits per heavy atom. The summed E-state index contributed by atoms with van der Waals surface area (Å²) in [6.45, 7) is 0. The molecular formula is C26H17N2Se. The van der Waals surface area contributed by atoms with E-state index in [0.717, 1.165) is 43.6 Å². The van der Waals surface area contributed by atoms with E-state index in [4.69, 9.17) is 9.97 Å². The number of fused-ring (bicyclic) bond motifs is 1. The number of benzene rings is 4. The number of para-hydroxylation sites is 2. The van der Waals surface area contributed by atoms with Crippen LogP contribution in [0.3, 0.4) is 0 Å². The van der Waals surface area contributed by atoms with Crippen molar-refractivity contribution in [2.24, 2.45) is 0 Å². The van der Waals surface area contributed by atoms with Gasteiger partial charge >= 0.3 is 178 Å². The Morgan fingerprint density at radius 2 is 0.966 bits per heavy atom. The van der Waals surface area contributed by atoms with Crippen LogP contribution in [0.4, 0.5) is 0 Å². The Hall–Kier alpha value is -3.26. The molecule has 0 aliphatic rings. The Kier molecular flexibility index (Phi) is 4.69. The molecule has 0 atom stereocenters. The number of hydrogen-bond donors (Lipinski definition) is 0. The Morgan fingerprint density at radius 1 is 0.448 bits per heavy atom. The standard InChI is InChI=1S/C26H17N2Se/c29-26-20(18-10-3-1-4-11-18)14-9-15-21(26)25-24(19-12-5-2-6-13-19)27-22-16-7-8-17-23(22)28-25/h1-17H. The van der Waals surface area contributed by atoms with E-state index in [9.17, 15) is 0 Å². The molecule has 137 valence electrons. The molecule has 3 heteroatoms. The van der Waals surface area contributed by atoms with Gasteiger partial charge in [0.2, 0.25) is 0 Å². The minimum absolute atomic E-state index is 0.890. The predicted octanol–water partition coefficient (Wildman–Crippen LogP) is 5.42. The fourth-order valence-electron chi connectivity index (χ4n) is 3.55. The first-order chi connectivity index (χ1) is 14.3. The van der Waals surface area contributed by atoms with Crippen molar-refractivity contribution in [3.63, 3.8) is 0 Å². The minimum atomic E-state index is 0.890. The molecule has 0 aliphatic heterocycles. The zero-order chi connectivity index (χ0) is 19.6. The Labute approximate surface area is 178 Å². The molecule has 4 aromatic carbocycles. The van der Waals surface area contributed by atoms with Crippen LogP contribution in [0.5, 0.6) is 0 Å². The van der Waals surface area contributed by atoms with E-state index in [1.165, 1.54) is 5.56 Å². The van der Waals surface area contributed by atoms with E-state index < -0.39 is 0 Å². The summed E-state index contributed by atoms with van der Waals surface area (Å²) in [7, 11) is 0. The summed E-state index contributed by atoms with van der Waals surface area (Å²) in [6.07, 6.45) is 0. The van der Waals surface area contributed by atoms with Crippen LogP contribution in [-0.2, 0) is 0 Å². The van der Waals surface area contributed by atoms with Crippen molar-refractivity contribution in [1.29, 1.82) is 0 Å². The molecule has 0 spiro atoms. The van der Waals surface area contributed by atoms with Gasteiger partial charge in [-0.15, -0.1) is 0 Å². The normalized spacial score (nSPS) is 10.9. The molecule has 0 amide bonds. The van der Waals surface area contributed by atoms with E-state index >= 15 is 0 Å². The summed E-state index contributed by atoms with van der Waals surface area (Å²) in [5.74, 6) is 0. The second-order valence-corrected chi connectivity index (χ2v) is 7.68. The summed E-state index contributed by atoms with van der Waals surface area (Å²) in [4.78, 5) is 10.0. The Bertz CT molecular complexity index is 1300. The van der Waals surface area contributed by atoms with Crippen molar-refractivity contribution in [2.75, 3.05) is 0 Å². The summed E-state index contributed by atoms with van der Waals surface area (Å²) in [6, 6.07) is 35.1. The van der Waals surface area contributed by atoms with Gasteiger partial charge in [-0.05, 0) is 0 Å². The first kappa shape index (κ1) is 17.8. The number of rotatable bonds is 3. The molecule has 0 saturated carbocycles. The molecule has 1 heterocycles. The third-order valence-electron chi connectivity index (χ3n) is 4.97. The Balaban J connectivity index is 1.79. The first-order valence-electron chi connectivity index (χ1n) is 9.49. The fraction of sp³-hybridized carbons (Fsp3) is 0. The number of nitrogens with zero attached hydrogens (tertiary/aromatic N) is 2. The van der Waals surface area contributed by atoms with E-state index in [2.05, 4.69) is 70.6 Å². The summed E-state index contributed by atoms with van der Waals surface area (Å²) in [5.41, 5.74) is 8.04. The van der Waals surface area contributed by atoms with Gasteiger partial charge in [-0.3, -0.25) is 0 Å². The number of aromatic nitrogens is 2. The average molecular weight is 436 g/mol. The van der Waals surface area contributed by atoms with Gasteiger partial charge < -0.3 is 0 Å². The van der Waals surface area contributed by atoms with Gasteiger partial charge in [-0.1, -0.05) is 0 Å². The summed E-state index contributed by atoms with van der Waals surface area (Å²) < 4.78 is 1.08. The molecule has 29 heavy (non-hydrogen) atoms. The van der Waals surface area contributed by atoms with Gasteiger partial charge in [0.05, 0.1) is 0 Å². The summed E-state index contributed by atoms with van der Waals surface area (Å²) in [5, 5.41) is 0. The van der Waals surface area contributed by atoms with Crippen LogP contribution < -0.4 is 4.46 Å². The second kappa shape index (κ2) is 7.63. The molecule has 5 aromatic rings. The molecule has 0 fully saturated rings. The van der Waals surface area contributed by atoms with Crippen molar-refractivity contribution < 1.29 is 0 Å². The van der Waals surface area contributed by atoms with Gasteiger partial charge in [0.15, 0.2) is 0 Å². The van der Waals surface area contributed by atoms with E-state index in [1.807, 2.05) is 48.5 Å². The van der Waals surface area contributed by atoms with Gasteiger partial charge in [0, 0.05) is 0 Å². The molecule has 2 nitrogen and oxygen atoms in total. The van der Waals surface area contributed by atoms with E-state index in [1.54, 1.807) is 0 Å². The first-order valence-corrected chi connectivity index (χ1v) is 10.3. The van der Waals surface area contributed by atoms with Crippen molar-refractivity contribution in [1.82, 2.24) is 9.97 Å². The fourth-order valence-corrected chi connectivity index (χ4v) is 4.29. The molecule has 0 bridgehead atoms. The molecular weight excluding hydrogens is 419 g/mol. The van der Waals surface area contributed by atoms with Crippen molar-refractivity contribution in [2.45, 2.75) is 0 Å². The van der Waals surface area contributed by atoms with Crippen LogP contribution in [0, 0.1) is 0 Å². The predicted molar refractivity (Wildman–Crippen MR) is 121 cm³/mol. The molecule has 0 unspecified atom stereocenters. The third kappa shape index (κ3) is 3.36. The quantitative estimate of drug-likeness (QED) is 0.353. The van der Waals surface area contributed by atoms with Gasteiger partial charge in [-0.25, -0.2) is 0 Å². The van der Waals surface area contributed by atoms with Crippen LogP contribution in [0.2, 0.25) is 0 Å². The molecule has 0 saturated heterocycles. The zero-order valence-electron chi connectivity index (χ0n) is 15.6. The average Bonchev–Trinajstić information content (AvgIpc) is 2.79. The maximum absolute atomic E-state index is 5.03. The van der Waals surface area contributed by atoms with Gasteiger partial charge in [0.25, 0.3) is 0 Å². The van der Waals surface area contributed by atoms with Crippen LogP contribution >= 0.6 is 0 Å². The van der Waals surface area contributed by atoms with Crippen molar-refractivity contribution in [3.8, 4) is 33.6 Å². The summed E-state index contributed by atoms with van der Waals surface area (Å²) >= 11 is 3.30. The van der Waals surface area contributed by atoms with Crippen LogP contribution in [0.25, 0.3) is 44.7 Å². The van der Waals surface area contributed by atoms with Crippen molar-refractivity contribution >= 4 is 31.5 Å². The zero-order valence-corrected chi connectivity index (χ0v) is 17.3. The SMILES string of the molecule is [Se]c1c(-c2ccccc2)cccc1-c1nc2ccccc2nc1-c1ccccc1. The van der Waals surface area contributed by atoms with E-state index in [-0.39, 0.29) is 0 Å². The van der Waals surface area contributed by atoms with Crippen molar-refractivity contribution in [3.05, 3.63) is 103 Å². The second-order valence-electron chi connectivity index (χ2n) is 6.82. The van der Waals surface area contributed by atoms with Gasteiger partial charge in [0.1, 0.15) is 0 Å². The topological polar surface area (TPSA) is 25.8 Å².